The zero-order valence-electron chi connectivity index (χ0n) is 14.7. The lowest BCUT2D eigenvalue weighted by atomic mass is 10.1. The van der Waals surface area contributed by atoms with Crippen LogP contribution < -0.4 is 0 Å². The van der Waals surface area contributed by atoms with Gasteiger partial charge in [0, 0.05) is 22.5 Å². The number of aromatic amines is 1. The fourth-order valence-corrected chi connectivity index (χ4v) is 3.41. The number of H-pyrrole nitrogens is 1. The first kappa shape index (κ1) is 17.9. The number of pyridine rings is 1. The molecule has 2 heterocycles. The van der Waals surface area contributed by atoms with Gasteiger partial charge in [-0.1, -0.05) is 35.9 Å². The zero-order chi connectivity index (χ0) is 19.8. The quantitative estimate of drug-likeness (QED) is 0.293. The molecule has 0 amide bonds. The number of hydrogen-bond acceptors (Lipinski definition) is 5. The van der Waals surface area contributed by atoms with Crippen molar-refractivity contribution in [3.63, 3.8) is 0 Å². The van der Waals surface area contributed by atoms with Gasteiger partial charge >= 0.3 is 5.97 Å². The molecule has 4 rings (SSSR count). The number of esters is 1. The Balaban J connectivity index is 1.89. The van der Waals surface area contributed by atoms with E-state index in [2.05, 4.69) is 9.97 Å². The zero-order valence-corrected chi connectivity index (χ0v) is 15.5. The van der Waals surface area contributed by atoms with Gasteiger partial charge in [0.05, 0.1) is 22.1 Å². The first-order chi connectivity index (χ1) is 13.5. The summed E-state index contributed by atoms with van der Waals surface area (Å²) in [4.78, 5) is 30.4. The highest BCUT2D eigenvalue weighted by Crippen LogP contribution is 2.36. The van der Waals surface area contributed by atoms with Gasteiger partial charge in [0.25, 0.3) is 5.69 Å². The summed E-state index contributed by atoms with van der Waals surface area (Å²) in [5.74, 6) is -0.405. The Bertz CT molecular complexity index is 1250. The number of carbonyl (C=O) groups excluding carboxylic acids is 1. The highest BCUT2D eigenvalue weighted by atomic mass is 35.5. The first-order valence-corrected chi connectivity index (χ1v) is 8.90. The number of nitrogens with zero attached hydrogens (tertiary/aromatic N) is 2. The van der Waals surface area contributed by atoms with E-state index in [4.69, 9.17) is 16.3 Å². The van der Waals surface area contributed by atoms with Crippen LogP contribution >= 0.6 is 11.6 Å². The summed E-state index contributed by atoms with van der Waals surface area (Å²) >= 11 is 6.52. The van der Waals surface area contributed by atoms with Crippen molar-refractivity contribution in [3.05, 3.63) is 69.2 Å². The van der Waals surface area contributed by atoms with E-state index in [0.29, 0.717) is 39.3 Å². The molecule has 8 heteroatoms. The summed E-state index contributed by atoms with van der Waals surface area (Å²) in [7, 11) is 0. The molecular formula is C20H14ClN3O4. The van der Waals surface area contributed by atoms with Crippen molar-refractivity contribution < 1.29 is 14.5 Å². The highest BCUT2D eigenvalue weighted by Gasteiger charge is 2.19. The number of nitrogens with one attached hydrogen (secondary N) is 1. The number of halogens is 1. The molecule has 0 aliphatic heterocycles. The average Bonchev–Trinajstić information content (AvgIpc) is 3.12. The molecule has 0 fully saturated rings. The van der Waals surface area contributed by atoms with Gasteiger partial charge in [-0.25, -0.2) is 9.78 Å². The summed E-state index contributed by atoms with van der Waals surface area (Å²) in [6, 6.07) is 13.5. The molecule has 0 saturated carbocycles. The van der Waals surface area contributed by atoms with Gasteiger partial charge < -0.3 is 9.72 Å². The third-order valence-corrected chi connectivity index (χ3v) is 4.80. The van der Waals surface area contributed by atoms with Gasteiger partial charge in [-0.05, 0) is 30.7 Å². The van der Waals surface area contributed by atoms with Crippen LogP contribution in [0.1, 0.15) is 17.3 Å². The summed E-state index contributed by atoms with van der Waals surface area (Å²) in [5, 5.41) is 12.8. The molecule has 140 valence electrons. The Morgan fingerprint density at radius 1 is 1.21 bits per heavy atom. The van der Waals surface area contributed by atoms with E-state index in [-0.39, 0.29) is 11.2 Å². The summed E-state index contributed by atoms with van der Waals surface area (Å²) in [5.41, 5.74) is 2.41. The van der Waals surface area contributed by atoms with Crippen LogP contribution in [-0.4, -0.2) is 27.5 Å². The molecule has 0 radical (unpaired) electrons. The van der Waals surface area contributed by atoms with Crippen LogP contribution in [0.4, 0.5) is 5.69 Å². The lowest BCUT2D eigenvalue weighted by Gasteiger charge is -2.03. The minimum absolute atomic E-state index is 0.109. The SMILES string of the molecule is CCOC(=O)c1cccc(-c2cc3c(Cl)c4cccc([N+](=O)[O-])c4nc3[nH]2)c1. The van der Waals surface area contributed by atoms with Gasteiger partial charge in [-0.15, -0.1) is 0 Å². The van der Waals surface area contributed by atoms with E-state index < -0.39 is 10.9 Å². The summed E-state index contributed by atoms with van der Waals surface area (Å²) < 4.78 is 5.04. The molecule has 0 atom stereocenters. The topological polar surface area (TPSA) is 98.1 Å². The summed E-state index contributed by atoms with van der Waals surface area (Å²) in [6.07, 6.45) is 0. The van der Waals surface area contributed by atoms with Gasteiger partial charge in [0.2, 0.25) is 0 Å². The molecule has 0 unspecified atom stereocenters. The Hall–Kier alpha value is -3.45. The maximum absolute atomic E-state index is 12.0. The molecule has 1 N–H and O–H groups in total. The predicted octanol–water partition coefficient (Wildman–Crippen LogP) is 5.12. The van der Waals surface area contributed by atoms with Gasteiger partial charge in [-0.3, -0.25) is 10.1 Å². The van der Waals surface area contributed by atoms with E-state index in [1.165, 1.54) is 6.07 Å². The van der Waals surface area contributed by atoms with Crippen molar-refractivity contribution in [1.82, 2.24) is 9.97 Å². The molecule has 7 nitrogen and oxygen atoms in total. The maximum atomic E-state index is 12.0. The van der Waals surface area contributed by atoms with Crippen molar-refractivity contribution in [3.8, 4) is 11.3 Å². The number of fused-ring (bicyclic) bond motifs is 2. The van der Waals surface area contributed by atoms with Crippen LogP contribution in [0.2, 0.25) is 5.02 Å². The van der Waals surface area contributed by atoms with Crippen LogP contribution in [0.3, 0.4) is 0 Å². The molecule has 2 aromatic heterocycles. The Morgan fingerprint density at radius 3 is 2.75 bits per heavy atom. The van der Waals surface area contributed by atoms with Gasteiger partial charge in [0.1, 0.15) is 5.65 Å². The number of benzene rings is 2. The van der Waals surface area contributed by atoms with Crippen LogP contribution in [0, 0.1) is 10.1 Å². The van der Waals surface area contributed by atoms with Crippen molar-refractivity contribution in [1.29, 1.82) is 0 Å². The van der Waals surface area contributed by atoms with E-state index >= 15 is 0 Å². The number of carbonyl (C=O) groups is 1. The normalized spacial score (nSPS) is 11.1. The molecule has 0 aliphatic rings. The number of ether oxygens (including phenoxy) is 1. The molecule has 4 aromatic rings. The lowest BCUT2D eigenvalue weighted by Crippen LogP contribution is -2.04. The number of nitro groups is 1. The Kier molecular flexibility index (Phi) is 4.44. The smallest absolute Gasteiger partial charge is 0.338 e. The fraction of sp³-hybridized carbons (Fsp3) is 0.100. The van der Waals surface area contributed by atoms with Crippen molar-refractivity contribution in [2.24, 2.45) is 0 Å². The second-order valence-corrected chi connectivity index (χ2v) is 6.48. The molecule has 0 aliphatic carbocycles. The van der Waals surface area contributed by atoms with Gasteiger partial charge in [0.15, 0.2) is 5.52 Å². The molecule has 2 aromatic carbocycles. The van der Waals surface area contributed by atoms with Crippen molar-refractivity contribution in [2.45, 2.75) is 6.92 Å². The number of nitro benzene ring substituents is 1. The second-order valence-electron chi connectivity index (χ2n) is 6.10. The minimum atomic E-state index is -0.482. The predicted molar refractivity (Wildman–Crippen MR) is 107 cm³/mol. The fourth-order valence-electron chi connectivity index (χ4n) is 3.11. The number of aromatic nitrogens is 2. The number of para-hydroxylation sites is 1. The van der Waals surface area contributed by atoms with Gasteiger partial charge in [-0.2, -0.15) is 0 Å². The maximum Gasteiger partial charge on any atom is 0.338 e. The van der Waals surface area contributed by atoms with Crippen molar-refractivity contribution in [2.75, 3.05) is 6.61 Å². The molecule has 28 heavy (non-hydrogen) atoms. The van der Waals surface area contributed by atoms with Crippen molar-refractivity contribution >= 4 is 45.2 Å². The van der Waals surface area contributed by atoms with E-state index in [9.17, 15) is 14.9 Å². The largest absolute Gasteiger partial charge is 0.462 e. The Morgan fingerprint density at radius 2 is 2.00 bits per heavy atom. The lowest BCUT2D eigenvalue weighted by molar-refractivity contribution is -0.383. The monoisotopic (exact) mass is 395 g/mol. The second kappa shape index (κ2) is 6.94. The standard InChI is InChI=1S/C20H14ClN3O4/c1-2-28-20(25)12-6-3-5-11(9-12)15-10-14-17(21)13-7-4-8-16(24(26)27)18(13)23-19(14)22-15/h3-10H,2H2,1H3,(H,22,23). The average molecular weight is 396 g/mol. The van der Waals surface area contributed by atoms with E-state index in [1.54, 1.807) is 37.3 Å². The number of rotatable bonds is 4. The molecule has 0 saturated heterocycles. The molecule has 0 bridgehead atoms. The number of non-ortho nitro benzene ring substituents is 1. The third kappa shape index (κ3) is 2.95. The van der Waals surface area contributed by atoms with Crippen LogP contribution in [0.25, 0.3) is 33.2 Å². The third-order valence-electron chi connectivity index (χ3n) is 4.39. The first-order valence-electron chi connectivity index (χ1n) is 8.52. The van der Waals surface area contributed by atoms with E-state index in [1.807, 2.05) is 12.1 Å². The number of hydrogen-bond donors (Lipinski definition) is 1. The molecule has 0 spiro atoms. The van der Waals surface area contributed by atoms with Crippen LogP contribution in [0.5, 0.6) is 0 Å². The van der Waals surface area contributed by atoms with E-state index in [0.717, 1.165) is 5.56 Å². The molecular weight excluding hydrogens is 382 g/mol. The van der Waals surface area contributed by atoms with Crippen LogP contribution in [-0.2, 0) is 4.74 Å². The minimum Gasteiger partial charge on any atom is -0.462 e. The summed E-state index contributed by atoms with van der Waals surface area (Å²) in [6.45, 7) is 2.04. The Labute approximate surface area is 164 Å². The van der Waals surface area contributed by atoms with Crippen LogP contribution in [0.15, 0.2) is 48.5 Å². The highest BCUT2D eigenvalue weighted by molar-refractivity contribution is 6.40.